The van der Waals surface area contributed by atoms with E-state index in [-0.39, 0.29) is 6.04 Å². The van der Waals surface area contributed by atoms with Crippen LogP contribution in [0.2, 0.25) is 0 Å². The molecule has 0 saturated carbocycles. The van der Waals surface area contributed by atoms with Crippen molar-refractivity contribution in [2.45, 2.75) is 31.8 Å². The van der Waals surface area contributed by atoms with Gasteiger partial charge in [-0.2, -0.15) is 0 Å². The number of likely N-dealkylation sites (N-methyl/N-ethyl adjacent to an activating group) is 1. The molecule has 0 spiro atoms. The summed E-state index contributed by atoms with van der Waals surface area (Å²) in [5.41, 5.74) is 7.07. The number of rotatable bonds is 2. The fraction of sp³-hybridized carbons (Fsp3) is 0.727. The predicted octanol–water partition coefficient (Wildman–Crippen LogP) is 1.17. The number of aromatic nitrogens is 2. The SMILES string of the molecule is C[C@@H](N)c1cncn1C1CCCN(C)C1. The lowest BCUT2D eigenvalue weighted by Gasteiger charge is -2.31. The number of likely N-dealkylation sites (tertiary alicyclic amines) is 1. The van der Waals surface area contributed by atoms with Crippen LogP contribution >= 0.6 is 0 Å². The van der Waals surface area contributed by atoms with E-state index in [1.165, 1.54) is 19.4 Å². The molecule has 4 nitrogen and oxygen atoms in total. The van der Waals surface area contributed by atoms with Crippen molar-refractivity contribution >= 4 is 0 Å². The summed E-state index contributed by atoms with van der Waals surface area (Å²) in [7, 11) is 2.18. The van der Waals surface area contributed by atoms with Crippen LogP contribution < -0.4 is 5.73 Å². The molecule has 2 rings (SSSR count). The highest BCUT2D eigenvalue weighted by atomic mass is 15.2. The summed E-state index contributed by atoms with van der Waals surface area (Å²) < 4.78 is 2.25. The number of nitrogens with zero attached hydrogens (tertiary/aromatic N) is 3. The Morgan fingerprint density at radius 1 is 1.60 bits per heavy atom. The second kappa shape index (κ2) is 4.33. The molecule has 2 heterocycles. The van der Waals surface area contributed by atoms with Crippen molar-refractivity contribution in [2.75, 3.05) is 20.1 Å². The molecule has 84 valence electrons. The first-order chi connectivity index (χ1) is 7.18. The summed E-state index contributed by atoms with van der Waals surface area (Å²) in [5.74, 6) is 0. The molecule has 2 N–H and O–H groups in total. The first-order valence-electron chi connectivity index (χ1n) is 5.64. The molecule has 1 aliphatic rings. The van der Waals surface area contributed by atoms with Crippen LogP contribution in [0.15, 0.2) is 12.5 Å². The van der Waals surface area contributed by atoms with Crippen molar-refractivity contribution in [2.24, 2.45) is 5.73 Å². The molecule has 2 atom stereocenters. The van der Waals surface area contributed by atoms with Crippen LogP contribution in [0.3, 0.4) is 0 Å². The molecule has 1 fully saturated rings. The van der Waals surface area contributed by atoms with Crippen LogP contribution in [0.1, 0.15) is 37.5 Å². The quantitative estimate of drug-likeness (QED) is 0.793. The Morgan fingerprint density at radius 2 is 2.40 bits per heavy atom. The minimum absolute atomic E-state index is 0.0692. The lowest BCUT2D eigenvalue weighted by atomic mass is 10.1. The zero-order valence-corrected chi connectivity index (χ0v) is 9.56. The van der Waals surface area contributed by atoms with Crippen molar-refractivity contribution < 1.29 is 0 Å². The average Bonchev–Trinajstić information content (AvgIpc) is 2.65. The van der Waals surface area contributed by atoms with Gasteiger partial charge in [0.2, 0.25) is 0 Å². The second-order valence-electron chi connectivity index (χ2n) is 4.57. The molecule has 0 bridgehead atoms. The maximum absolute atomic E-state index is 5.93. The van der Waals surface area contributed by atoms with Crippen LogP contribution in [-0.2, 0) is 0 Å². The van der Waals surface area contributed by atoms with Crippen molar-refractivity contribution in [1.29, 1.82) is 0 Å². The van der Waals surface area contributed by atoms with E-state index in [4.69, 9.17) is 5.73 Å². The van der Waals surface area contributed by atoms with E-state index < -0.39 is 0 Å². The topological polar surface area (TPSA) is 47.1 Å². The van der Waals surface area contributed by atoms with E-state index in [9.17, 15) is 0 Å². The summed E-state index contributed by atoms with van der Waals surface area (Å²) in [6.07, 6.45) is 6.31. The van der Waals surface area contributed by atoms with Gasteiger partial charge in [0.05, 0.1) is 12.0 Å². The minimum Gasteiger partial charge on any atom is -0.329 e. The molecule has 0 aliphatic carbocycles. The van der Waals surface area contributed by atoms with Gasteiger partial charge in [0.25, 0.3) is 0 Å². The van der Waals surface area contributed by atoms with Crippen LogP contribution in [0.5, 0.6) is 0 Å². The average molecular weight is 208 g/mol. The Kier molecular flexibility index (Phi) is 3.07. The summed E-state index contributed by atoms with van der Waals surface area (Å²) in [4.78, 5) is 6.58. The van der Waals surface area contributed by atoms with Crippen molar-refractivity contribution in [1.82, 2.24) is 14.5 Å². The zero-order valence-electron chi connectivity index (χ0n) is 9.56. The van der Waals surface area contributed by atoms with E-state index in [0.717, 1.165) is 12.2 Å². The molecular formula is C11H20N4. The zero-order chi connectivity index (χ0) is 10.8. The minimum atomic E-state index is 0.0692. The summed E-state index contributed by atoms with van der Waals surface area (Å²) in [5, 5.41) is 0. The van der Waals surface area contributed by atoms with Gasteiger partial charge in [0, 0.05) is 24.8 Å². The number of hydrogen-bond donors (Lipinski definition) is 1. The standard InChI is InChI=1S/C11H20N4/c1-9(12)11-6-13-8-15(11)10-4-3-5-14(2)7-10/h6,8-10H,3-5,7,12H2,1-2H3/t9-,10?/m1/s1. The second-order valence-corrected chi connectivity index (χ2v) is 4.57. The number of nitrogens with two attached hydrogens (primary N) is 1. The third kappa shape index (κ3) is 2.21. The highest BCUT2D eigenvalue weighted by Gasteiger charge is 2.21. The molecule has 1 aromatic heterocycles. The van der Waals surface area contributed by atoms with Crippen LogP contribution in [0, 0.1) is 0 Å². The summed E-state index contributed by atoms with van der Waals surface area (Å²) >= 11 is 0. The Labute approximate surface area is 91.1 Å². The molecule has 0 amide bonds. The van der Waals surface area contributed by atoms with Gasteiger partial charge in [-0.25, -0.2) is 4.98 Å². The highest BCUT2D eigenvalue weighted by Crippen LogP contribution is 2.23. The number of imidazole rings is 1. The largest absolute Gasteiger partial charge is 0.329 e. The molecule has 4 heteroatoms. The Bertz CT molecular complexity index is 318. The van der Waals surface area contributed by atoms with Crippen molar-refractivity contribution in [3.05, 3.63) is 18.2 Å². The van der Waals surface area contributed by atoms with Gasteiger partial charge in [0.1, 0.15) is 0 Å². The molecule has 15 heavy (non-hydrogen) atoms. The first kappa shape index (κ1) is 10.6. The third-order valence-corrected chi connectivity index (χ3v) is 3.16. The Balaban J connectivity index is 2.17. The van der Waals surface area contributed by atoms with E-state index in [2.05, 4.69) is 21.5 Å². The van der Waals surface area contributed by atoms with Gasteiger partial charge >= 0.3 is 0 Å². The predicted molar refractivity (Wildman–Crippen MR) is 60.6 cm³/mol. The molecule has 1 aliphatic heterocycles. The highest BCUT2D eigenvalue weighted by molar-refractivity contribution is 5.05. The van der Waals surface area contributed by atoms with Crippen molar-refractivity contribution in [3.63, 3.8) is 0 Å². The van der Waals surface area contributed by atoms with E-state index in [0.29, 0.717) is 6.04 Å². The van der Waals surface area contributed by atoms with Gasteiger partial charge in [-0.05, 0) is 33.4 Å². The maximum Gasteiger partial charge on any atom is 0.0951 e. The van der Waals surface area contributed by atoms with Gasteiger partial charge < -0.3 is 15.2 Å². The fourth-order valence-electron chi connectivity index (χ4n) is 2.34. The molecule has 1 aromatic rings. The van der Waals surface area contributed by atoms with Gasteiger partial charge in [-0.1, -0.05) is 0 Å². The molecule has 1 unspecified atom stereocenters. The monoisotopic (exact) mass is 208 g/mol. The van der Waals surface area contributed by atoms with Gasteiger partial charge in [-0.15, -0.1) is 0 Å². The number of hydrogen-bond acceptors (Lipinski definition) is 3. The summed E-state index contributed by atoms with van der Waals surface area (Å²) in [6.45, 7) is 4.33. The van der Waals surface area contributed by atoms with Crippen molar-refractivity contribution in [3.8, 4) is 0 Å². The molecular weight excluding hydrogens is 188 g/mol. The van der Waals surface area contributed by atoms with E-state index >= 15 is 0 Å². The van der Waals surface area contributed by atoms with Gasteiger partial charge in [0.15, 0.2) is 0 Å². The summed E-state index contributed by atoms with van der Waals surface area (Å²) in [6, 6.07) is 0.618. The number of piperidine rings is 1. The Hall–Kier alpha value is -0.870. The molecule has 0 radical (unpaired) electrons. The third-order valence-electron chi connectivity index (χ3n) is 3.16. The van der Waals surface area contributed by atoms with Crippen LogP contribution in [0.4, 0.5) is 0 Å². The fourth-order valence-corrected chi connectivity index (χ4v) is 2.34. The smallest absolute Gasteiger partial charge is 0.0951 e. The van der Waals surface area contributed by atoms with Crippen LogP contribution in [-0.4, -0.2) is 34.6 Å². The van der Waals surface area contributed by atoms with Crippen LogP contribution in [0.25, 0.3) is 0 Å². The lowest BCUT2D eigenvalue weighted by molar-refractivity contribution is 0.209. The lowest BCUT2D eigenvalue weighted by Crippen LogP contribution is -2.34. The van der Waals surface area contributed by atoms with E-state index in [1.807, 2.05) is 19.4 Å². The van der Waals surface area contributed by atoms with Gasteiger partial charge in [-0.3, -0.25) is 0 Å². The Morgan fingerprint density at radius 3 is 3.07 bits per heavy atom. The first-order valence-corrected chi connectivity index (χ1v) is 5.64. The normalized spacial score (nSPS) is 25.4. The maximum atomic E-state index is 5.93. The molecule has 1 saturated heterocycles. The van der Waals surface area contributed by atoms with E-state index in [1.54, 1.807) is 0 Å². The molecule has 0 aromatic carbocycles.